The first-order chi connectivity index (χ1) is 14.7. The van der Waals surface area contributed by atoms with Gasteiger partial charge in [0.2, 0.25) is 11.1 Å². The second-order valence-electron chi connectivity index (χ2n) is 7.27. The minimum Gasteiger partial charge on any atom is -0.310 e. The van der Waals surface area contributed by atoms with Gasteiger partial charge >= 0.3 is 0 Å². The lowest BCUT2D eigenvalue weighted by Gasteiger charge is -2.24. The Hall–Kier alpha value is -3.11. The van der Waals surface area contributed by atoms with Crippen LogP contribution in [0.5, 0.6) is 0 Å². The first-order valence-corrected chi connectivity index (χ1v) is 11.0. The van der Waals surface area contributed by atoms with Crippen LogP contribution in [0.2, 0.25) is 0 Å². The van der Waals surface area contributed by atoms with Crippen LogP contribution >= 0.6 is 11.8 Å². The van der Waals surface area contributed by atoms with E-state index in [2.05, 4.69) is 6.07 Å². The monoisotopic (exact) mass is 417 g/mol. The normalized spacial score (nSPS) is 14.1. The smallest absolute Gasteiger partial charge is 0.240 e. The summed E-state index contributed by atoms with van der Waals surface area (Å²) in [5, 5.41) is 13.9. The van der Waals surface area contributed by atoms with E-state index in [0.717, 1.165) is 30.0 Å². The highest BCUT2D eigenvalue weighted by Crippen LogP contribution is 2.40. The Balaban J connectivity index is 1.55. The van der Waals surface area contributed by atoms with Crippen LogP contribution in [0.3, 0.4) is 0 Å². The molecule has 1 saturated carbocycles. The number of amides is 1. The number of aromatic nitrogens is 3. The van der Waals surface area contributed by atoms with Crippen LogP contribution in [0.25, 0.3) is 5.69 Å². The van der Waals surface area contributed by atoms with E-state index < -0.39 is 0 Å². The largest absolute Gasteiger partial charge is 0.310 e. The summed E-state index contributed by atoms with van der Waals surface area (Å²) in [7, 11) is 0. The number of para-hydroxylation sites is 2. The van der Waals surface area contributed by atoms with Crippen molar-refractivity contribution in [2.45, 2.75) is 42.5 Å². The molecule has 30 heavy (non-hydrogen) atoms. The number of carbonyl (C=O) groups excluding carboxylic acids is 1. The maximum atomic E-state index is 13.2. The summed E-state index contributed by atoms with van der Waals surface area (Å²) in [6.45, 7) is 2.23. The van der Waals surface area contributed by atoms with Crippen LogP contribution < -0.4 is 4.90 Å². The van der Waals surface area contributed by atoms with Crippen molar-refractivity contribution in [1.82, 2.24) is 14.8 Å². The molecule has 0 radical (unpaired) electrons. The topological polar surface area (TPSA) is 74.8 Å². The molecule has 0 aliphatic heterocycles. The Morgan fingerprint density at radius 3 is 2.50 bits per heavy atom. The SMILES string of the molecule is C[C@H](Sc1nc(C2CC2)n(-c2ccccc2)n1)C(=O)N(CCC#N)c1ccccc1. The Kier molecular flexibility index (Phi) is 6.15. The van der Waals surface area contributed by atoms with E-state index in [-0.39, 0.29) is 17.6 Å². The van der Waals surface area contributed by atoms with Crippen LogP contribution in [0.4, 0.5) is 5.69 Å². The highest BCUT2D eigenvalue weighted by atomic mass is 32.2. The Morgan fingerprint density at radius 2 is 1.87 bits per heavy atom. The van der Waals surface area contributed by atoms with Crippen LogP contribution in [0.1, 0.15) is 37.9 Å². The van der Waals surface area contributed by atoms with E-state index in [1.807, 2.05) is 72.3 Å². The summed E-state index contributed by atoms with van der Waals surface area (Å²) in [5.74, 6) is 1.35. The maximum absolute atomic E-state index is 13.2. The van der Waals surface area contributed by atoms with E-state index in [4.69, 9.17) is 15.3 Å². The number of hydrogen-bond donors (Lipinski definition) is 0. The van der Waals surface area contributed by atoms with Gasteiger partial charge in [0.1, 0.15) is 5.82 Å². The van der Waals surface area contributed by atoms with Gasteiger partial charge in [0.15, 0.2) is 0 Å². The number of thioether (sulfide) groups is 1. The summed E-state index contributed by atoms with van der Waals surface area (Å²) >= 11 is 1.37. The zero-order valence-electron chi connectivity index (χ0n) is 16.8. The van der Waals surface area contributed by atoms with E-state index in [1.165, 1.54) is 11.8 Å². The van der Waals surface area contributed by atoms with Crippen molar-refractivity contribution in [3.63, 3.8) is 0 Å². The van der Waals surface area contributed by atoms with E-state index in [0.29, 0.717) is 17.6 Å². The Labute approximate surface area is 180 Å². The molecule has 1 amide bonds. The molecule has 1 heterocycles. The van der Waals surface area contributed by atoms with Crippen LogP contribution in [-0.2, 0) is 4.79 Å². The molecule has 0 spiro atoms. The molecule has 0 N–H and O–H groups in total. The summed E-state index contributed by atoms with van der Waals surface area (Å²) in [5.41, 5.74) is 1.78. The number of anilines is 1. The summed E-state index contributed by atoms with van der Waals surface area (Å²) < 4.78 is 1.90. The van der Waals surface area contributed by atoms with Gasteiger partial charge in [-0.05, 0) is 44.0 Å². The average molecular weight is 418 g/mol. The van der Waals surface area contributed by atoms with Gasteiger partial charge in [-0.3, -0.25) is 4.79 Å². The zero-order chi connectivity index (χ0) is 20.9. The molecule has 0 saturated heterocycles. The molecular weight excluding hydrogens is 394 g/mol. The van der Waals surface area contributed by atoms with Gasteiger partial charge in [-0.2, -0.15) is 5.26 Å². The first kappa shape index (κ1) is 20.2. The predicted molar refractivity (Wildman–Crippen MR) is 118 cm³/mol. The lowest BCUT2D eigenvalue weighted by molar-refractivity contribution is -0.117. The van der Waals surface area contributed by atoms with Gasteiger partial charge < -0.3 is 4.90 Å². The van der Waals surface area contributed by atoms with Crippen molar-refractivity contribution in [3.8, 4) is 11.8 Å². The molecule has 3 aromatic rings. The number of carbonyl (C=O) groups is 1. The van der Waals surface area contributed by atoms with Crippen LogP contribution in [-0.4, -0.2) is 32.5 Å². The molecule has 1 aliphatic rings. The predicted octanol–water partition coefficient (Wildman–Crippen LogP) is 4.57. The minimum atomic E-state index is -0.373. The van der Waals surface area contributed by atoms with Crippen molar-refractivity contribution in [3.05, 3.63) is 66.5 Å². The highest BCUT2D eigenvalue weighted by Gasteiger charge is 2.31. The molecule has 2 aromatic carbocycles. The van der Waals surface area contributed by atoms with Crippen molar-refractivity contribution in [2.24, 2.45) is 0 Å². The minimum absolute atomic E-state index is 0.0505. The molecule has 152 valence electrons. The summed E-state index contributed by atoms with van der Waals surface area (Å²) in [4.78, 5) is 19.6. The molecule has 1 fully saturated rings. The van der Waals surface area contributed by atoms with Crippen molar-refractivity contribution >= 4 is 23.4 Å². The molecule has 1 aliphatic carbocycles. The Bertz CT molecular complexity index is 1040. The molecule has 1 atom stereocenters. The highest BCUT2D eigenvalue weighted by molar-refractivity contribution is 8.00. The number of hydrogen-bond acceptors (Lipinski definition) is 5. The molecule has 4 rings (SSSR count). The lowest BCUT2D eigenvalue weighted by Crippen LogP contribution is -2.37. The molecule has 6 nitrogen and oxygen atoms in total. The van der Waals surface area contributed by atoms with Gasteiger partial charge in [0, 0.05) is 18.2 Å². The van der Waals surface area contributed by atoms with Gasteiger partial charge in [-0.15, -0.1) is 5.10 Å². The molecule has 0 unspecified atom stereocenters. The van der Waals surface area contributed by atoms with Gasteiger partial charge in [-0.1, -0.05) is 48.2 Å². The number of benzene rings is 2. The zero-order valence-corrected chi connectivity index (χ0v) is 17.6. The molecule has 0 bridgehead atoms. The third-order valence-corrected chi connectivity index (χ3v) is 5.91. The van der Waals surface area contributed by atoms with Crippen LogP contribution in [0.15, 0.2) is 65.8 Å². The van der Waals surface area contributed by atoms with Gasteiger partial charge in [0.05, 0.1) is 23.4 Å². The van der Waals surface area contributed by atoms with E-state index in [9.17, 15) is 4.79 Å². The lowest BCUT2D eigenvalue weighted by atomic mass is 10.2. The van der Waals surface area contributed by atoms with E-state index >= 15 is 0 Å². The average Bonchev–Trinajstić information content (AvgIpc) is 3.55. The maximum Gasteiger partial charge on any atom is 0.240 e. The summed E-state index contributed by atoms with van der Waals surface area (Å²) in [6, 6.07) is 21.6. The first-order valence-electron chi connectivity index (χ1n) is 10.1. The third kappa shape index (κ3) is 4.55. The summed E-state index contributed by atoms with van der Waals surface area (Å²) in [6.07, 6.45) is 2.53. The molecule has 1 aromatic heterocycles. The van der Waals surface area contributed by atoms with Crippen molar-refractivity contribution < 1.29 is 4.79 Å². The van der Waals surface area contributed by atoms with E-state index in [1.54, 1.807) is 4.90 Å². The number of nitrogens with zero attached hydrogens (tertiary/aromatic N) is 5. The fourth-order valence-corrected chi connectivity index (χ4v) is 4.10. The molecule has 7 heteroatoms. The third-order valence-electron chi connectivity index (χ3n) is 4.97. The number of nitriles is 1. The second-order valence-corrected chi connectivity index (χ2v) is 8.58. The fraction of sp³-hybridized carbons (Fsp3) is 0.304. The number of rotatable bonds is 8. The van der Waals surface area contributed by atoms with Crippen LogP contribution in [0, 0.1) is 11.3 Å². The van der Waals surface area contributed by atoms with Crippen molar-refractivity contribution in [2.75, 3.05) is 11.4 Å². The molecular formula is C23H23N5OS. The quantitative estimate of drug-likeness (QED) is 0.502. The fourth-order valence-electron chi connectivity index (χ4n) is 3.28. The standard InChI is InChI=1S/C23H23N5OS/c1-17(22(29)27(16-8-15-24)19-9-4-2-5-10-19)30-23-25-21(18-13-14-18)28(26-23)20-11-6-3-7-12-20/h2-7,9-12,17-18H,8,13-14,16H2,1H3/t17-/m0/s1. The van der Waals surface area contributed by atoms with Gasteiger partial charge in [0.25, 0.3) is 0 Å². The van der Waals surface area contributed by atoms with Crippen molar-refractivity contribution in [1.29, 1.82) is 5.26 Å². The van der Waals surface area contributed by atoms with Gasteiger partial charge in [-0.25, -0.2) is 9.67 Å². The second kappa shape index (κ2) is 9.14. The Morgan fingerprint density at radius 1 is 1.20 bits per heavy atom.